The van der Waals surface area contributed by atoms with E-state index >= 15 is 0 Å². The summed E-state index contributed by atoms with van der Waals surface area (Å²) < 4.78 is 13.4. The Kier molecular flexibility index (Phi) is 9.45. The molecule has 2 aromatic heterocycles. The fourth-order valence-electron chi connectivity index (χ4n) is 5.19. The normalized spacial score (nSPS) is 14.9. The maximum Gasteiger partial charge on any atom is 0.273 e. The second kappa shape index (κ2) is 13.0. The molecule has 208 valence electrons. The summed E-state index contributed by atoms with van der Waals surface area (Å²) in [5.41, 5.74) is 1.62. The van der Waals surface area contributed by atoms with E-state index in [4.69, 9.17) is 0 Å². The summed E-state index contributed by atoms with van der Waals surface area (Å²) in [6, 6.07) is 7.88. The van der Waals surface area contributed by atoms with Crippen molar-refractivity contribution in [2.75, 3.05) is 27.2 Å². The molecule has 1 aliphatic rings. The maximum absolute atomic E-state index is 13.6. The third kappa shape index (κ3) is 7.29. The van der Waals surface area contributed by atoms with Crippen LogP contribution < -0.4 is 10.6 Å². The smallest absolute Gasteiger partial charge is 0.273 e. The van der Waals surface area contributed by atoms with Crippen LogP contribution in [0.25, 0.3) is 10.9 Å². The molecule has 3 aromatic rings. The van der Waals surface area contributed by atoms with E-state index < -0.39 is 11.8 Å². The number of carbonyl (C=O) groups is 2. The predicted molar refractivity (Wildman–Crippen MR) is 149 cm³/mol. The van der Waals surface area contributed by atoms with E-state index in [-0.39, 0.29) is 34.5 Å². The van der Waals surface area contributed by atoms with Crippen molar-refractivity contribution in [3.63, 3.8) is 0 Å². The minimum Gasteiger partial charge on any atom is -0.504 e. The van der Waals surface area contributed by atoms with Gasteiger partial charge in [0.25, 0.3) is 11.8 Å². The number of nitrogens with one attached hydrogen (secondary N) is 2. The summed E-state index contributed by atoms with van der Waals surface area (Å²) in [6.07, 6.45) is 8.43. The number of aromatic nitrogens is 2. The van der Waals surface area contributed by atoms with Gasteiger partial charge in [0.1, 0.15) is 17.0 Å². The molecule has 4 rings (SSSR count). The number of amides is 2. The SMILES string of the molecule is C[C@@H](NC(=O)c1nc(C(=O)NCCCN(C)C)c(O)c2ncc(Cc3ccc(F)cc3)cc12)C1CCCCC1. The Morgan fingerprint density at radius 3 is 2.49 bits per heavy atom. The van der Waals surface area contributed by atoms with Crippen LogP contribution in [0.15, 0.2) is 36.5 Å². The van der Waals surface area contributed by atoms with Gasteiger partial charge in [-0.25, -0.2) is 9.37 Å². The van der Waals surface area contributed by atoms with Gasteiger partial charge in [0, 0.05) is 24.2 Å². The van der Waals surface area contributed by atoms with E-state index in [0.717, 1.165) is 49.8 Å². The number of fused-ring (bicyclic) bond motifs is 1. The van der Waals surface area contributed by atoms with Gasteiger partial charge < -0.3 is 20.6 Å². The monoisotopic (exact) mass is 535 g/mol. The maximum atomic E-state index is 13.6. The quantitative estimate of drug-likeness (QED) is 0.331. The molecule has 2 amide bonds. The molecule has 1 aliphatic carbocycles. The van der Waals surface area contributed by atoms with Crippen LogP contribution in [-0.2, 0) is 6.42 Å². The first-order valence-electron chi connectivity index (χ1n) is 13.7. The average molecular weight is 536 g/mol. The van der Waals surface area contributed by atoms with Crippen LogP contribution in [0, 0.1) is 11.7 Å². The number of aromatic hydroxyl groups is 1. The topological polar surface area (TPSA) is 107 Å². The molecule has 1 atom stereocenters. The Morgan fingerprint density at radius 1 is 1.08 bits per heavy atom. The molecule has 3 N–H and O–H groups in total. The number of halogens is 1. The van der Waals surface area contributed by atoms with Crippen LogP contribution >= 0.6 is 0 Å². The summed E-state index contributed by atoms with van der Waals surface area (Å²) in [6.45, 7) is 3.20. The van der Waals surface area contributed by atoms with Gasteiger partial charge in [-0.3, -0.25) is 14.6 Å². The highest BCUT2D eigenvalue weighted by molar-refractivity contribution is 6.09. The Morgan fingerprint density at radius 2 is 1.79 bits per heavy atom. The molecule has 39 heavy (non-hydrogen) atoms. The van der Waals surface area contributed by atoms with E-state index in [1.807, 2.05) is 25.9 Å². The molecule has 0 saturated heterocycles. The van der Waals surface area contributed by atoms with Gasteiger partial charge >= 0.3 is 0 Å². The van der Waals surface area contributed by atoms with Gasteiger partial charge in [0.2, 0.25) is 0 Å². The zero-order valence-corrected chi connectivity index (χ0v) is 23.0. The van der Waals surface area contributed by atoms with Crippen LogP contribution in [0.5, 0.6) is 5.75 Å². The second-order valence-corrected chi connectivity index (χ2v) is 10.8. The summed E-state index contributed by atoms with van der Waals surface area (Å²) in [4.78, 5) is 37.4. The molecule has 1 saturated carbocycles. The first-order valence-corrected chi connectivity index (χ1v) is 13.7. The molecule has 0 unspecified atom stereocenters. The minimum atomic E-state index is -0.556. The zero-order chi connectivity index (χ0) is 27.9. The number of carbonyl (C=O) groups excluding carboxylic acids is 2. The lowest BCUT2D eigenvalue weighted by atomic mass is 9.84. The largest absolute Gasteiger partial charge is 0.504 e. The fraction of sp³-hybridized carbons (Fsp3) is 0.467. The number of benzene rings is 1. The Balaban J connectivity index is 1.67. The fourth-order valence-corrected chi connectivity index (χ4v) is 5.19. The summed E-state index contributed by atoms with van der Waals surface area (Å²) >= 11 is 0. The van der Waals surface area contributed by atoms with Crippen LogP contribution in [0.1, 0.15) is 77.6 Å². The van der Waals surface area contributed by atoms with E-state index in [9.17, 15) is 19.1 Å². The van der Waals surface area contributed by atoms with Crippen molar-refractivity contribution in [2.45, 2.75) is 57.9 Å². The summed E-state index contributed by atoms with van der Waals surface area (Å²) in [5, 5.41) is 17.2. The molecule has 9 heteroatoms. The zero-order valence-electron chi connectivity index (χ0n) is 23.0. The number of pyridine rings is 2. The molecule has 2 heterocycles. The van der Waals surface area contributed by atoms with E-state index in [0.29, 0.717) is 24.3 Å². The highest BCUT2D eigenvalue weighted by atomic mass is 19.1. The molecule has 0 bridgehead atoms. The van der Waals surface area contributed by atoms with Crippen molar-refractivity contribution in [1.82, 2.24) is 25.5 Å². The summed E-state index contributed by atoms with van der Waals surface area (Å²) in [5.74, 6) is -1.25. The Labute approximate surface area is 229 Å². The minimum absolute atomic E-state index is 0.0531. The van der Waals surface area contributed by atoms with Gasteiger partial charge in [-0.05, 0) is 88.5 Å². The third-order valence-corrected chi connectivity index (χ3v) is 7.41. The molecular weight excluding hydrogens is 497 g/mol. The van der Waals surface area contributed by atoms with Crippen LogP contribution in [-0.4, -0.2) is 65.0 Å². The predicted octanol–water partition coefficient (Wildman–Crippen LogP) is 4.45. The van der Waals surface area contributed by atoms with Crippen LogP contribution in [0.2, 0.25) is 0 Å². The third-order valence-electron chi connectivity index (χ3n) is 7.41. The number of hydrogen-bond donors (Lipinski definition) is 3. The van der Waals surface area contributed by atoms with Crippen LogP contribution in [0.4, 0.5) is 4.39 Å². The molecule has 1 aromatic carbocycles. The molecule has 0 aliphatic heterocycles. The highest BCUT2D eigenvalue weighted by Crippen LogP contribution is 2.30. The van der Waals surface area contributed by atoms with Gasteiger partial charge in [-0.2, -0.15) is 0 Å². The second-order valence-electron chi connectivity index (χ2n) is 10.8. The van der Waals surface area contributed by atoms with E-state index in [2.05, 4.69) is 20.6 Å². The van der Waals surface area contributed by atoms with E-state index in [1.165, 1.54) is 18.6 Å². The van der Waals surface area contributed by atoms with Gasteiger partial charge in [0.05, 0.1) is 0 Å². The molecular formula is C30H38FN5O3. The van der Waals surface area contributed by atoms with Crippen molar-refractivity contribution in [3.8, 4) is 5.75 Å². The van der Waals surface area contributed by atoms with Gasteiger partial charge in [-0.15, -0.1) is 0 Å². The first-order chi connectivity index (χ1) is 18.7. The summed E-state index contributed by atoms with van der Waals surface area (Å²) in [7, 11) is 3.90. The Hall–Kier alpha value is -3.59. The standard InChI is InChI=1S/C30H38FN5O3/c1-19(22-8-5-4-6-9-22)34-30(39)26-24-17-21(16-20-10-12-23(31)13-11-20)18-33-25(24)28(37)27(35-26)29(38)32-14-7-15-36(2)3/h10-13,17-19,22,37H,4-9,14-16H2,1-3H3,(H,32,38)(H,34,39)/t19-/m1/s1. The van der Waals surface area contributed by atoms with Crippen molar-refractivity contribution in [2.24, 2.45) is 5.92 Å². The van der Waals surface area contributed by atoms with Gasteiger partial charge in [0.15, 0.2) is 11.4 Å². The van der Waals surface area contributed by atoms with Crippen molar-refractivity contribution >= 4 is 22.7 Å². The molecule has 0 spiro atoms. The number of nitrogens with zero attached hydrogens (tertiary/aromatic N) is 3. The van der Waals surface area contributed by atoms with Gasteiger partial charge in [-0.1, -0.05) is 31.4 Å². The lowest BCUT2D eigenvalue weighted by Crippen LogP contribution is -2.39. The van der Waals surface area contributed by atoms with Crippen molar-refractivity contribution < 1.29 is 19.1 Å². The number of rotatable bonds is 10. The molecule has 8 nitrogen and oxygen atoms in total. The van der Waals surface area contributed by atoms with E-state index in [1.54, 1.807) is 24.4 Å². The lowest BCUT2D eigenvalue weighted by Gasteiger charge is -2.28. The number of hydrogen-bond acceptors (Lipinski definition) is 6. The first kappa shape index (κ1) is 28.4. The Bertz CT molecular complexity index is 1310. The highest BCUT2D eigenvalue weighted by Gasteiger charge is 2.27. The van der Waals surface area contributed by atoms with Crippen LogP contribution in [0.3, 0.4) is 0 Å². The lowest BCUT2D eigenvalue weighted by molar-refractivity contribution is 0.0915. The average Bonchev–Trinajstić information content (AvgIpc) is 2.92. The van der Waals surface area contributed by atoms with Crippen molar-refractivity contribution in [1.29, 1.82) is 0 Å². The molecule has 0 radical (unpaired) electrons. The molecule has 1 fully saturated rings. The van der Waals surface area contributed by atoms with Crippen molar-refractivity contribution in [3.05, 3.63) is 64.9 Å².